The Kier molecular flexibility index (Phi) is 7.41. The second-order valence-electron chi connectivity index (χ2n) is 13.3. The number of anilines is 3. The van der Waals surface area contributed by atoms with E-state index in [9.17, 15) is 0 Å². The van der Waals surface area contributed by atoms with Gasteiger partial charge in [-0.1, -0.05) is 158 Å². The smallest absolute Gasteiger partial charge is 0.0554 e. The van der Waals surface area contributed by atoms with Crippen LogP contribution in [-0.4, -0.2) is 0 Å². The van der Waals surface area contributed by atoms with Crippen molar-refractivity contribution in [3.63, 3.8) is 0 Å². The van der Waals surface area contributed by atoms with Crippen molar-refractivity contribution in [2.75, 3.05) is 4.90 Å². The van der Waals surface area contributed by atoms with Crippen LogP contribution in [-0.2, 0) is 0 Å². The molecule has 0 saturated heterocycles. The van der Waals surface area contributed by atoms with Crippen molar-refractivity contribution < 1.29 is 0 Å². The monoisotopic (exact) mass is 679 g/mol. The molecule has 0 aliphatic heterocycles. The third-order valence-corrected chi connectivity index (χ3v) is 11.5. The molecule has 0 amide bonds. The van der Waals surface area contributed by atoms with Crippen LogP contribution in [0, 0.1) is 0 Å². The molecule has 10 rings (SSSR count). The summed E-state index contributed by atoms with van der Waals surface area (Å²) in [6.07, 6.45) is 0. The standard InChI is InChI=1S/C50H33NS/c1-3-13-34(14-4-1)35-25-27-36(28-26-35)37-29-31-40(32-30-37)51(39-17-5-2-6-18-39)47-23-12-24-48-49(47)46-33-45(43-20-9-10-21-44(43)50(46)52-48)42-22-11-16-38-15-7-8-19-41(38)42/h1-33H. The lowest BCUT2D eigenvalue weighted by Gasteiger charge is -2.26. The van der Waals surface area contributed by atoms with Gasteiger partial charge < -0.3 is 4.90 Å². The van der Waals surface area contributed by atoms with Gasteiger partial charge in [0.1, 0.15) is 0 Å². The van der Waals surface area contributed by atoms with Gasteiger partial charge in [0.2, 0.25) is 0 Å². The van der Waals surface area contributed by atoms with E-state index >= 15 is 0 Å². The summed E-state index contributed by atoms with van der Waals surface area (Å²) in [5.74, 6) is 0. The minimum Gasteiger partial charge on any atom is -0.310 e. The number of thiophene rings is 1. The lowest BCUT2D eigenvalue weighted by molar-refractivity contribution is 1.30. The van der Waals surface area contributed by atoms with Crippen molar-refractivity contribution in [3.05, 3.63) is 200 Å². The molecule has 9 aromatic carbocycles. The summed E-state index contributed by atoms with van der Waals surface area (Å²) in [5.41, 5.74) is 10.8. The molecule has 0 atom stereocenters. The summed E-state index contributed by atoms with van der Waals surface area (Å²) in [5, 5.41) is 7.67. The molecule has 0 spiro atoms. The van der Waals surface area contributed by atoms with Crippen molar-refractivity contribution in [2.24, 2.45) is 0 Å². The Labute approximate surface area is 307 Å². The van der Waals surface area contributed by atoms with Crippen LogP contribution in [0.1, 0.15) is 0 Å². The molecule has 0 fully saturated rings. The molecule has 0 radical (unpaired) electrons. The predicted octanol–water partition coefficient (Wildman–Crippen LogP) is 14.8. The van der Waals surface area contributed by atoms with Crippen LogP contribution in [0.3, 0.4) is 0 Å². The maximum absolute atomic E-state index is 2.45. The van der Waals surface area contributed by atoms with E-state index < -0.39 is 0 Å². The third kappa shape index (κ3) is 5.16. The summed E-state index contributed by atoms with van der Waals surface area (Å²) < 4.78 is 2.60. The van der Waals surface area contributed by atoms with Gasteiger partial charge in [0, 0.05) is 36.9 Å². The highest BCUT2D eigenvalue weighted by atomic mass is 32.1. The number of fused-ring (bicyclic) bond motifs is 6. The fourth-order valence-corrected chi connectivity index (χ4v) is 9.03. The topological polar surface area (TPSA) is 3.24 Å². The zero-order chi connectivity index (χ0) is 34.4. The van der Waals surface area contributed by atoms with E-state index in [4.69, 9.17) is 0 Å². The average Bonchev–Trinajstić information content (AvgIpc) is 3.61. The molecule has 0 aliphatic rings. The molecule has 0 N–H and O–H groups in total. The van der Waals surface area contributed by atoms with E-state index in [2.05, 4.69) is 205 Å². The largest absolute Gasteiger partial charge is 0.310 e. The second kappa shape index (κ2) is 12.7. The van der Waals surface area contributed by atoms with Gasteiger partial charge in [-0.05, 0) is 92.0 Å². The first kappa shape index (κ1) is 30.4. The Morgan fingerprint density at radius 2 is 0.885 bits per heavy atom. The highest BCUT2D eigenvalue weighted by Gasteiger charge is 2.21. The van der Waals surface area contributed by atoms with E-state index in [1.54, 1.807) is 0 Å². The highest BCUT2D eigenvalue weighted by Crippen LogP contribution is 2.49. The van der Waals surface area contributed by atoms with Gasteiger partial charge in [0.15, 0.2) is 0 Å². The number of hydrogen-bond acceptors (Lipinski definition) is 2. The molecule has 0 aliphatic carbocycles. The van der Waals surface area contributed by atoms with Crippen LogP contribution >= 0.6 is 11.3 Å². The quantitative estimate of drug-likeness (QED) is 0.169. The molecule has 1 heterocycles. The maximum Gasteiger partial charge on any atom is 0.0554 e. The van der Waals surface area contributed by atoms with Crippen LogP contribution in [0.5, 0.6) is 0 Å². The number of rotatable bonds is 6. The molecule has 0 unspecified atom stereocenters. The first-order valence-corrected chi connectivity index (χ1v) is 18.6. The van der Waals surface area contributed by atoms with Crippen molar-refractivity contribution in [1.82, 2.24) is 0 Å². The maximum atomic E-state index is 2.45. The Balaban J connectivity index is 1.15. The van der Waals surface area contributed by atoms with Crippen LogP contribution in [0.4, 0.5) is 17.1 Å². The molecule has 10 aromatic rings. The van der Waals surface area contributed by atoms with Crippen LogP contribution in [0.2, 0.25) is 0 Å². The van der Waals surface area contributed by atoms with E-state index in [1.165, 1.54) is 80.8 Å². The van der Waals surface area contributed by atoms with Gasteiger partial charge >= 0.3 is 0 Å². The molecule has 52 heavy (non-hydrogen) atoms. The molecule has 2 heteroatoms. The van der Waals surface area contributed by atoms with Gasteiger partial charge in [-0.15, -0.1) is 11.3 Å². The fraction of sp³-hybridized carbons (Fsp3) is 0. The number of para-hydroxylation sites is 1. The molecule has 1 aromatic heterocycles. The summed E-state index contributed by atoms with van der Waals surface area (Å²) in [4.78, 5) is 2.42. The molecule has 1 nitrogen and oxygen atoms in total. The number of benzene rings is 9. The predicted molar refractivity (Wildman–Crippen MR) is 225 cm³/mol. The van der Waals surface area contributed by atoms with Gasteiger partial charge in [0.05, 0.1) is 5.69 Å². The summed E-state index contributed by atoms with van der Waals surface area (Å²) in [6.45, 7) is 0. The summed E-state index contributed by atoms with van der Waals surface area (Å²) in [7, 11) is 0. The SMILES string of the molecule is c1ccc(-c2ccc(-c3ccc(N(c4ccccc4)c4cccc5sc6c7ccccc7c(-c7cccc8ccccc78)cc6c45)cc3)cc2)cc1. The normalized spacial score (nSPS) is 11.5. The van der Waals surface area contributed by atoms with E-state index in [0.717, 1.165) is 11.4 Å². The second-order valence-corrected chi connectivity index (χ2v) is 14.3. The highest BCUT2D eigenvalue weighted by molar-refractivity contribution is 7.26. The van der Waals surface area contributed by atoms with Crippen molar-refractivity contribution in [2.45, 2.75) is 0 Å². The summed E-state index contributed by atoms with van der Waals surface area (Å²) >= 11 is 1.89. The van der Waals surface area contributed by atoms with Crippen molar-refractivity contribution in [1.29, 1.82) is 0 Å². The van der Waals surface area contributed by atoms with Gasteiger partial charge in [-0.3, -0.25) is 0 Å². The fourth-order valence-electron chi connectivity index (χ4n) is 7.79. The van der Waals surface area contributed by atoms with Gasteiger partial charge in [-0.2, -0.15) is 0 Å². The van der Waals surface area contributed by atoms with Gasteiger partial charge in [-0.25, -0.2) is 0 Å². The van der Waals surface area contributed by atoms with E-state index in [0.29, 0.717) is 0 Å². The first-order valence-electron chi connectivity index (χ1n) is 17.8. The lowest BCUT2D eigenvalue weighted by atomic mass is 9.92. The average molecular weight is 680 g/mol. The Morgan fingerprint density at radius 1 is 0.346 bits per heavy atom. The minimum absolute atomic E-state index is 1.12. The van der Waals surface area contributed by atoms with Crippen LogP contribution in [0.25, 0.3) is 75.1 Å². The zero-order valence-electron chi connectivity index (χ0n) is 28.4. The number of nitrogens with zero attached hydrogens (tertiary/aromatic N) is 1. The van der Waals surface area contributed by atoms with Crippen molar-refractivity contribution in [3.8, 4) is 33.4 Å². The minimum atomic E-state index is 1.12. The van der Waals surface area contributed by atoms with Gasteiger partial charge in [0.25, 0.3) is 0 Å². The molecule has 244 valence electrons. The third-order valence-electron chi connectivity index (χ3n) is 10.3. The first-order chi connectivity index (χ1) is 25.8. The zero-order valence-corrected chi connectivity index (χ0v) is 29.2. The molecular formula is C50H33NS. The molecule has 0 bridgehead atoms. The van der Waals surface area contributed by atoms with E-state index in [1.807, 2.05) is 11.3 Å². The summed E-state index contributed by atoms with van der Waals surface area (Å²) in [6, 6.07) is 72.8. The van der Waals surface area contributed by atoms with Crippen LogP contribution < -0.4 is 4.90 Å². The van der Waals surface area contributed by atoms with Crippen molar-refractivity contribution >= 4 is 70.1 Å². The Hall–Kier alpha value is -6.48. The lowest BCUT2D eigenvalue weighted by Crippen LogP contribution is -2.10. The van der Waals surface area contributed by atoms with Crippen LogP contribution in [0.15, 0.2) is 200 Å². The number of hydrogen-bond donors (Lipinski definition) is 0. The van der Waals surface area contributed by atoms with E-state index in [-0.39, 0.29) is 0 Å². The molecule has 0 saturated carbocycles. The Morgan fingerprint density at radius 3 is 1.62 bits per heavy atom. The molecular weight excluding hydrogens is 647 g/mol. The Bertz CT molecular complexity index is 2870.